The van der Waals surface area contributed by atoms with E-state index < -0.39 is 23.3 Å². The molecule has 4 aliphatic rings. The van der Waals surface area contributed by atoms with Gasteiger partial charge in [0.05, 0.1) is 12.0 Å². The zero-order valence-electron chi connectivity index (χ0n) is 14.3. The third-order valence-electron chi connectivity index (χ3n) is 6.35. The molecule has 142 valence electrons. The summed E-state index contributed by atoms with van der Waals surface area (Å²) in [5.74, 6) is 0.781. The molecular formula is C19H21F2O4S-. The standard InChI is InChI=1S/C19H22F2O4S/c20-19(21,26-25-23)17(22)24-11-12-1-3-16(4-2-12)18-8-13-5-14(9-18)7-15(6-13)10-18/h1-4,13-15,23H,5-11H2/p-1. The van der Waals surface area contributed by atoms with Gasteiger partial charge in [-0.25, -0.2) is 4.79 Å². The Kier molecular flexibility index (Phi) is 4.73. The number of ether oxygens (including phenoxy) is 1. The van der Waals surface area contributed by atoms with E-state index in [1.165, 1.54) is 44.1 Å². The minimum atomic E-state index is -4.00. The molecule has 0 radical (unpaired) electrons. The molecule has 1 aromatic rings. The monoisotopic (exact) mass is 383 g/mol. The molecule has 0 N–H and O–H groups in total. The van der Waals surface area contributed by atoms with Gasteiger partial charge in [0, 0.05) is 0 Å². The Labute approximate surface area is 155 Å². The summed E-state index contributed by atoms with van der Waals surface area (Å²) in [5.41, 5.74) is 2.25. The van der Waals surface area contributed by atoms with Crippen LogP contribution in [0, 0.1) is 17.8 Å². The van der Waals surface area contributed by atoms with Crippen LogP contribution >= 0.6 is 12.0 Å². The van der Waals surface area contributed by atoms with Crippen molar-refractivity contribution in [3.63, 3.8) is 0 Å². The smallest absolute Gasteiger partial charge is 0.412 e. The van der Waals surface area contributed by atoms with Crippen LogP contribution in [0.1, 0.15) is 49.7 Å². The van der Waals surface area contributed by atoms with Gasteiger partial charge >= 0.3 is 11.2 Å². The Balaban J connectivity index is 1.41. The summed E-state index contributed by atoms with van der Waals surface area (Å²) in [6.45, 7) is -0.255. The third kappa shape index (κ3) is 3.37. The maximum absolute atomic E-state index is 13.2. The highest BCUT2D eigenvalue weighted by molar-refractivity contribution is 7.96. The van der Waals surface area contributed by atoms with Crippen LogP contribution in [0.25, 0.3) is 0 Å². The number of halogens is 2. The van der Waals surface area contributed by atoms with Crippen LogP contribution < -0.4 is 5.26 Å². The number of benzene rings is 1. The first kappa shape index (κ1) is 18.2. The average Bonchev–Trinajstić information content (AvgIpc) is 2.59. The molecule has 7 heteroatoms. The molecular weight excluding hydrogens is 362 g/mol. The first-order valence-corrected chi connectivity index (χ1v) is 9.76. The molecule has 26 heavy (non-hydrogen) atoms. The van der Waals surface area contributed by atoms with E-state index in [9.17, 15) is 18.8 Å². The van der Waals surface area contributed by atoms with Gasteiger partial charge in [0.2, 0.25) is 0 Å². The molecule has 0 unspecified atom stereocenters. The molecule has 4 fully saturated rings. The number of esters is 1. The van der Waals surface area contributed by atoms with E-state index in [1.54, 1.807) is 0 Å². The maximum Gasteiger partial charge on any atom is 0.412 e. The van der Waals surface area contributed by atoms with Gasteiger partial charge in [-0.15, -0.1) is 0 Å². The number of carbonyl (C=O) groups excluding carboxylic acids is 1. The number of carbonyl (C=O) groups is 1. The van der Waals surface area contributed by atoms with Crippen LogP contribution in [0.2, 0.25) is 0 Å². The van der Waals surface area contributed by atoms with Crippen molar-refractivity contribution in [3.05, 3.63) is 35.4 Å². The third-order valence-corrected chi connectivity index (χ3v) is 6.79. The van der Waals surface area contributed by atoms with Crippen LogP contribution in [0.5, 0.6) is 0 Å². The Morgan fingerprint density at radius 3 is 2.15 bits per heavy atom. The van der Waals surface area contributed by atoms with Crippen LogP contribution in [0.15, 0.2) is 24.3 Å². The fourth-order valence-electron chi connectivity index (χ4n) is 5.73. The second-order valence-corrected chi connectivity index (χ2v) is 8.95. The van der Waals surface area contributed by atoms with Gasteiger partial charge in [0.15, 0.2) is 0 Å². The molecule has 1 aromatic carbocycles. The summed E-state index contributed by atoms with van der Waals surface area (Å²) in [5, 5.41) is 5.80. The van der Waals surface area contributed by atoms with Gasteiger partial charge in [-0.3, -0.25) is 0 Å². The fraction of sp³-hybridized carbons (Fsp3) is 0.632. The molecule has 0 aromatic heterocycles. The average molecular weight is 383 g/mol. The van der Waals surface area contributed by atoms with Gasteiger partial charge in [-0.2, -0.15) is 8.78 Å². The first-order valence-electron chi connectivity index (χ1n) is 9.02. The summed E-state index contributed by atoms with van der Waals surface area (Å²) in [6, 6.07) is 7.81. The highest BCUT2D eigenvalue weighted by atomic mass is 32.2. The minimum Gasteiger partial charge on any atom is -0.710 e. The lowest BCUT2D eigenvalue weighted by atomic mass is 9.48. The summed E-state index contributed by atoms with van der Waals surface area (Å²) in [7, 11) is 0. The Hall–Kier alpha value is -1.18. The summed E-state index contributed by atoms with van der Waals surface area (Å²) < 4.78 is 34.0. The molecule has 0 amide bonds. The molecule has 4 aliphatic carbocycles. The van der Waals surface area contributed by atoms with Crippen molar-refractivity contribution in [1.82, 2.24) is 0 Å². The lowest BCUT2D eigenvalue weighted by molar-refractivity contribution is -0.630. The summed E-state index contributed by atoms with van der Waals surface area (Å²) in [4.78, 5) is 11.3. The summed E-state index contributed by atoms with van der Waals surface area (Å²) in [6.07, 6.45) is 7.91. The molecule has 4 saturated carbocycles. The molecule has 0 spiro atoms. The normalized spacial score (nSPS) is 32.7. The number of rotatable bonds is 6. The van der Waals surface area contributed by atoms with E-state index >= 15 is 0 Å². The molecule has 4 bridgehead atoms. The van der Waals surface area contributed by atoms with Crippen molar-refractivity contribution in [2.45, 2.75) is 55.8 Å². The lowest BCUT2D eigenvalue weighted by Crippen LogP contribution is -2.48. The molecule has 0 aliphatic heterocycles. The molecule has 0 atom stereocenters. The molecule has 4 nitrogen and oxygen atoms in total. The minimum absolute atomic E-state index is 0.255. The van der Waals surface area contributed by atoms with Gasteiger partial charge in [0.1, 0.15) is 6.61 Å². The second-order valence-electron chi connectivity index (χ2n) is 8.14. The Morgan fingerprint density at radius 2 is 1.65 bits per heavy atom. The van der Waals surface area contributed by atoms with Crippen molar-refractivity contribution in [1.29, 1.82) is 0 Å². The quantitative estimate of drug-likeness (QED) is 0.324. The predicted molar refractivity (Wildman–Crippen MR) is 89.7 cm³/mol. The predicted octanol–water partition coefficient (Wildman–Crippen LogP) is 3.73. The van der Waals surface area contributed by atoms with Crippen LogP contribution in [0.3, 0.4) is 0 Å². The lowest BCUT2D eigenvalue weighted by Gasteiger charge is -2.57. The van der Waals surface area contributed by atoms with Crippen LogP contribution in [0.4, 0.5) is 8.78 Å². The van der Waals surface area contributed by atoms with E-state index in [0.29, 0.717) is 5.56 Å². The molecule has 0 saturated heterocycles. The highest BCUT2D eigenvalue weighted by Crippen LogP contribution is 2.60. The largest absolute Gasteiger partial charge is 0.710 e. The number of hydrogen-bond acceptors (Lipinski definition) is 5. The first-order chi connectivity index (χ1) is 12.4. The SMILES string of the molecule is O=C(OCc1ccc(C23CC4CC(CC(C4)C2)C3)cc1)C(F)(F)SO[O-]. The summed E-state index contributed by atoms with van der Waals surface area (Å²) >= 11 is -0.752. The van der Waals surface area contributed by atoms with E-state index in [4.69, 9.17) is 0 Å². The van der Waals surface area contributed by atoms with Crippen molar-refractivity contribution in [2.24, 2.45) is 17.8 Å². The van der Waals surface area contributed by atoms with E-state index in [1.807, 2.05) is 12.1 Å². The Bertz CT molecular complexity index is 641. The van der Waals surface area contributed by atoms with E-state index in [0.717, 1.165) is 17.8 Å². The topological polar surface area (TPSA) is 58.6 Å². The highest BCUT2D eigenvalue weighted by Gasteiger charge is 2.51. The van der Waals surface area contributed by atoms with E-state index in [2.05, 4.69) is 21.2 Å². The van der Waals surface area contributed by atoms with Crippen molar-refractivity contribution < 1.29 is 27.9 Å². The van der Waals surface area contributed by atoms with Gasteiger partial charge in [-0.1, -0.05) is 24.3 Å². The van der Waals surface area contributed by atoms with E-state index in [-0.39, 0.29) is 12.0 Å². The van der Waals surface area contributed by atoms with Crippen molar-refractivity contribution in [2.75, 3.05) is 0 Å². The molecule has 5 rings (SSSR count). The maximum atomic E-state index is 13.2. The van der Waals surface area contributed by atoms with Gasteiger partial charge < -0.3 is 14.3 Å². The number of hydrogen-bond donors (Lipinski definition) is 0. The van der Waals surface area contributed by atoms with Crippen molar-refractivity contribution in [3.8, 4) is 0 Å². The van der Waals surface area contributed by atoms with Gasteiger partial charge in [-0.05, 0) is 72.8 Å². The van der Waals surface area contributed by atoms with Gasteiger partial charge in [0.25, 0.3) is 0 Å². The Morgan fingerprint density at radius 1 is 1.12 bits per heavy atom. The number of alkyl halides is 2. The fourth-order valence-corrected chi connectivity index (χ4v) is 5.94. The molecule has 0 heterocycles. The zero-order chi connectivity index (χ0) is 18.4. The van der Waals surface area contributed by atoms with Crippen LogP contribution in [-0.2, 0) is 25.9 Å². The van der Waals surface area contributed by atoms with Crippen molar-refractivity contribution >= 4 is 18.0 Å². The zero-order valence-corrected chi connectivity index (χ0v) is 15.1. The second kappa shape index (κ2) is 6.77. The van der Waals surface area contributed by atoms with Crippen LogP contribution in [-0.4, -0.2) is 11.2 Å².